The quantitative estimate of drug-likeness (QED) is 0.314. The zero-order chi connectivity index (χ0) is 16.4. The van der Waals surface area contributed by atoms with Crippen LogP contribution in [0.25, 0.3) is 22.3 Å². The number of fused-ring (bicyclic) bond motifs is 3. The van der Waals surface area contributed by atoms with E-state index in [2.05, 4.69) is 67.6 Å². The maximum absolute atomic E-state index is 4.99. The molecule has 0 fully saturated rings. The molecule has 1 aliphatic rings. The Labute approximate surface area is 192 Å². The van der Waals surface area contributed by atoms with Crippen LogP contribution in [0.3, 0.4) is 0 Å². The second-order valence-electron chi connectivity index (χ2n) is 6.03. The molecule has 0 spiro atoms. The van der Waals surface area contributed by atoms with Crippen LogP contribution in [0.5, 0.6) is 0 Å². The first-order valence-corrected chi connectivity index (χ1v) is 8.15. The second kappa shape index (κ2) is 10.8. The van der Waals surface area contributed by atoms with E-state index in [1.54, 1.807) is 12.5 Å². The van der Waals surface area contributed by atoms with Crippen molar-refractivity contribution in [2.45, 2.75) is 13.3 Å². The van der Waals surface area contributed by atoms with Gasteiger partial charge in [-0.25, -0.2) is 0 Å². The van der Waals surface area contributed by atoms with Crippen LogP contribution in [0.15, 0.2) is 83.7 Å². The Morgan fingerprint density at radius 1 is 0.926 bits per heavy atom. The first-order chi connectivity index (χ1) is 11.8. The molecule has 0 N–H and O–H groups in total. The molecule has 27 heavy (non-hydrogen) atoms. The smallest absolute Gasteiger partial charge is 1.00 e. The molecule has 1 nitrogen and oxygen atoms in total. The van der Waals surface area contributed by atoms with E-state index in [4.69, 9.17) is 4.42 Å². The summed E-state index contributed by atoms with van der Waals surface area (Å²) in [5, 5.41) is 0. The molecule has 4 heteroatoms. The molecule has 1 aromatic heterocycles. The molecule has 4 aromatic rings. The van der Waals surface area contributed by atoms with Gasteiger partial charge in [0.05, 0.1) is 0 Å². The molecule has 0 amide bonds. The number of halogens is 2. The van der Waals surface area contributed by atoms with Crippen molar-refractivity contribution in [3.05, 3.63) is 102 Å². The standard InChI is InChI=1S/C13H9.C10H9O.2ClH.Zr/c1-3-7-12-10(5-1)9-11-6-2-4-8-13(11)12;1-8-3-2-4-10(8)9-5-6-11-7-9;;;/h1-5,7-8H,9H2;2-7H,1H3;2*1H;/q2*-1;;;+4/p-2. The van der Waals surface area contributed by atoms with Crippen LogP contribution >= 0.6 is 0 Å². The molecule has 1 heterocycles. The van der Waals surface area contributed by atoms with Gasteiger partial charge < -0.3 is 29.2 Å². The van der Waals surface area contributed by atoms with Crippen molar-refractivity contribution < 1.29 is 55.4 Å². The van der Waals surface area contributed by atoms with Crippen LogP contribution in [-0.4, -0.2) is 0 Å². The molecule has 0 saturated heterocycles. The van der Waals surface area contributed by atoms with E-state index in [0.29, 0.717) is 0 Å². The number of benzene rings is 2. The Hall–Kier alpha value is -1.47. The predicted octanol–water partition coefficient (Wildman–Crippen LogP) is 0.0374. The molecule has 0 saturated carbocycles. The monoisotopic (exact) mass is 470 g/mol. The van der Waals surface area contributed by atoms with Crippen molar-refractivity contribution >= 4 is 0 Å². The van der Waals surface area contributed by atoms with Crippen molar-refractivity contribution in [1.82, 2.24) is 0 Å². The van der Waals surface area contributed by atoms with Crippen LogP contribution in [0.4, 0.5) is 0 Å². The SMILES string of the molecule is Cc1ccc[c-]1-c1ccoc1.[Cl-].[Cl-].[Zr+4].[c-]1cccc2c1Cc1ccccc1-2. The van der Waals surface area contributed by atoms with Gasteiger partial charge in [0, 0.05) is 12.5 Å². The molecule has 0 radical (unpaired) electrons. The van der Waals surface area contributed by atoms with Crippen LogP contribution in [-0.2, 0) is 32.6 Å². The van der Waals surface area contributed by atoms with Crippen LogP contribution in [0, 0.1) is 13.0 Å². The fourth-order valence-corrected chi connectivity index (χ4v) is 3.25. The van der Waals surface area contributed by atoms with E-state index < -0.39 is 0 Å². The zero-order valence-corrected chi connectivity index (χ0v) is 18.8. The van der Waals surface area contributed by atoms with E-state index in [-0.39, 0.29) is 51.0 Å². The van der Waals surface area contributed by atoms with Crippen molar-refractivity contribution in [3.63, 3.8) is 0 Å². The number of furan rings is 1. The first kappa shape index (κ1) is 23.6. The molecule has 0 bridgehead atoms. The Morgan fingerprint density at radius 3 is 2.41 bits per heavy atom. The summed E-state index contributed by atoms with van der Waals surface area (Å²) in [6, 6.07) is 26.3. The summed E-state index contributed by atoms with van der Waals surface area (Å²) in [5.41, 5.74) is 9.23. The van der Waals surface area contributed by atoms with Crippen LogP contribution < -0.4 is 24.8 Å². The Kier molecular flexibility index (Phi) is 9.39. The third kappa shape index (κ3) is 5.08. The fourth-order valence-electron chi connectivity index (χ4n) is 3.25. The molecule has 3 aromatic carbocycles. The minimum atomic E-state index is 0. The topological polar surface area (TPSA) is 13.1 Å². The van der Waals surface area contributed by atoms with E-state index >= 15 is 0 Å². The molecule has 1 aliphatic carbocycles. The average Bonchev–Trinajstić information content (AvgIpc) is 3.34. The largest absolute Gasteiger partial charge is 4.00 e. The van der Waals surface area contributed by atoms with Crippen LogP contribution in [0.1, 0.15) is 16.7 Å². The maximum Gasteiger partial charge on any atom is 4.00 e. The molecule has 0 aliphatic heterocycles. The average molecular weight is 473 g/mol. The summed E-state index contributed by atoms with van der Waals surface area (Å²) in [6.45, 7) is 2.10. The number of rotatable bonds is 1. The van der Waals surface area contributed by atoms with Gasteiger partial charge in [-0.15, -0.1) is 23.3 Å². The van der Waals surface area contributed by atoms with Gasteiger partial charge in [0.25, 0.3) is 0 Å². The zero-order valence-electron chi connectivity index (χ0n) is 14.9. The fraction of sp³-hybridized carbons (Fsp3) is 0.0870. The van der Waals surface area contributed by atoms with Gasteiger partial charge in [-0.1, -0.05) is 59.5 Å². The van der Waals surface area contributed by atoms with Gasteiger partial charge in [0.2, 0.25) is 0 Å². The number of aryl methyl sites for hydroxylation is 1. The molecular formula is C23H18Cl2OZr. The van der Waals surface area contributed by atoms with Gasteiger partial charge in [-0.3, -0.25) is 0 Å². The Bertz CT molecular complexity index is 914. The predicted molar refractivity (Wildman–Crippen MR) is 98.0 cm³/mol. The Morgan fingerprint density at radius 2 is 1.70 bits per heavy atom. The minimum Gasteiger partial charge on any atom is -1.00 e. The van der Waals surface area contributed by atoms with Crippen molar-refractivity contribution in [3.8, 4) is 22.3 Å². The van der Waals surface area contributed by atoms with Gasteiger partial charge in [-0.2, -0.15) is 35.9 Å². The molecule has 134 valence electrons. The van der Waals surface area contributed by atoms with Gasteiger partial charge in [0.15, 0.2) is 0 Å². The molecular weight excluding hydrogens is 454 g/mol. The summed E-state index contributed by atoms with van der Waals surface area (Å²) < 4.78 is 4.99. The summed E-state index contributed by atoms with van der Waals surface area (Å²) in [5.74, 6) is 0. The third-order valence-corrected chi connectivity index (χ3v) is 4.48. The number of hydrogen-bond acceptors (Lipinski definition) is 1. The Balaban J connectivity index is 0.000000246. The molecule has 5 rings (SSSR count). The summed E-state index contributed by atoms with van der Waals surface area (Å²) in [6.07, 6.45) is 4.51. The van der Waals surface area contributed by atoms with Gasteiger partial charge in [0.1, 0.15) is 0 Å². The van der Waals surface area contributed by atoms with Crippen molar-refractivity contribution in [1.29, 1.82) is 0 Å². The summed E-state index contributed by atoms with van der Waals surface area (Å²) in [7, 11) is 0. The molecule has 0 atom stereocenters. The number of hydrogen-bond donors (Lipinski definition) is 0. The summed E-state index contributed by atoms with van der Waals surface area (Å²) >= 11 is 0. The van der Waals surface area contributed by atoms with Crippen LogP contribution in [0.2, 0.25) is 0 Å². The first-order valence-electron chi connectivity index (χ1n) is 8.15. The third-order valence-electron chi connectivity index (χ3n) is 4.48. The van der Waals surface area contributed by atoms with Gasteiger partial charge in [-0.05, 0) is 6.42 Å². The maximum atomic E-state index is 4.99. The minimum absolute atomic E-state index is 0. The van der Waals surface area contributed by atoms with Gasteiger partial charge >= 0.3 is 26.2 Å². The van der Waals surface area contributed by atoms with E-state index in [1.807, 2.05) is 12.1 Å². The summed E-state index contributed by atoms with van der Waals surface area (Å²) in [4.78, 5) is 0. The van der Waals surface area contributed by atoms with E-state index in [9.17, 15) is 0 Å². The molecule has 0 unspecified atom stereocenters. The van der Waals surface area contributed by atoms with Crippen molar-refractivity contribution in [2.24, 2.45) is 0 Å². The van der Waals surface area contributed by atoms with E-state index in [0.717, 1.165) is 12.0 Å². The second-order valence-corrected chi connectivity index (χ2v) is 6.03. The normalized spacial score (nSPS) is 10.1. The van der Waals surface area contributed by atoms with Crippen molar-refractivity contribution in [2.75, 3.05) is 0 Å². The van der Waals surface area contributed by atoms with E-state index in [1.165, 1.54) is 33.4 Å².